The molecule has 0 aliphatic heterocycles. The van der Waals surface area contributed by atoms with E-state index in [1.165, 1.54) is 7.11 Å². The van der Waals surface area contributed by atoms with Crippen molar-refractivity contribution in [3.8, 4) is 11.4 Å². The first-order valence-electron chi connectivity index (χ1n) is 6.01. The van der Waals surface area contributed by atoms with Crippen molar-refractivity contribution in [1.82, 2.24) is 9.38 Å². The summed E-state index contributed by atoms with van der Waals surface area (Å²) in [5.74, 6) is 0.307. The molecule has 0 N–H and O–H groups in total. The molecule has 0 spiro atoms. The minimum Gasteiger partial charge on any atom is -0.465 e. The monoisotopic (exact) mass is 286 g/mol. The normalized spacial score (nSPS) is 10.7. The van der Waals surface area contributed by atoms with E-state index >= 15 is 0 Å². The van der Waals surface area contributed by atoms with Crippen LogP contribution in [0.15, 0.2) is 48.8 Å². The van der Waals surface area contributed by atoms with Gasteiger partial charge in [0.25, 0.3) is 0 Å². The lowest BCUT2D eigenvalue weighted by Gasteiger charge is -2.05. The van der Waals surface area contributed by atoms with Crippen LogP contribution in [0.3, 0.4) is 0 Å². The Bertz CT molecular complexity index is 795. The molecule has 0 aliphatic rings. The molecule has 0 amide bonds. The molecule has 3 aromatic rings. The second-order valence-electron chi connectivity index (χ2n) is 4.27. The van der Waals surface area contributed by atoms with Crippen molar-refractivity contribution in [3.63, 3.8) is 0 Å². The van der Waals surface area contributed by atoms with Crippen LogP contribution in [0, 0.1) is 0 Å². The largest absolute Gasteiger partial charge is 0.465 e. The third-order valence-electron chi connectivity index (χ3n) is 3.06. The van der Waals surface area contributed by atoms with E-state index < -0.39 is 0 Å². The van der Waals surface area contributed by atoms with Gasteiger partial charge >= 0.3 is 5.97 Å². The number of hydrogen-bond donors (Lipinski definition) is 0. The van der Waals surface area contributed by atoms with E-state index in [0.29, 0.717) is 16.4 Å². The van der Waals surface area contributed by atoms with Gasteiger partial charge in [-0.1, -0.05) is 23.7 Å². The van der Waals surface area contributed by atoms with E-state index in [2.05, 4.69) is 4.98 Å². The number of halogens is 1. The molecule has 0 saturated carbocycles. The lowest BCUT2D eigenvalue weighted by atomic mass is 10.2. The number of carbonyl (C=O) groups excluding carboxylic acids is 1. The predicted octanol–water partition coefficient (Wildman–Crippen LogP) is 3.44. The van der Waals surface area contributed by atoms with Gasteiger partial charge in [0.2, 0.25) is 0 Å². The highest BCUT2D eigenvalue weighted by Gasteiger charge is 2.12. The lowest BCUT2D eigenvalue weighted by molar-refractivity contribution is 0.0600. The van der Waals surface area contributed by atoms with Crippen LogP contribution in [0.5, 0.6) is 0 Å². The highest BCUT2D eigenvalue weighted by molar-refractivity contribution is 6.33. The minimum absolute atomic E-state index is 0.384. The number of imidazole rings is 1. The molecule has 0 aliphatic carbocycles. The van der Waals surface area contributed by atoms with Crippen LogP contribution in [0.2, 0.25) is 5.02 Å². The fourth-order valence-electron chi connectivity index (χ4n) is 2.07. The van der Waals surface area contributed by atoms with Gasteiger partial charge in [-0.3, -0.25) is 4.40 Å². The topological polar surface area (TPSA) is 43.6 Å². The van der Waals surface area contributed by atoms with E-state index in [-0.39, 0.29) is 5.97 Å². The number of esters is 1. The third-order valence-corrected chi connectivity index (χ3v) is 3.39. The fourth-order valence-corrected chi connectivity index (χ4v) is 2.29. The molecule has 0 radical (unpaired) electrons. The molecule has 1 aromatic carbocycles. The van der Waals surface area contributed by atoms with E-state index in [4.69, 9.17) is 16.3 Å². The molecule has 0 fully saturated rings. The Morgan fingerprint density at radius 1 is 1.25 bits per heavy atom. The summed E-state index contributed by atoms with van der Waals surface area (Å²) in [7, 11) is 1.36. The summed E-state index contributed by atoms with van der Waals surface area (Å²) in [5, 5.41) is 0.614. The highest BCUT2D eigenvalue weighted by atomic mass is 35.5. The molecule has 20 heavy (non-hydrogen) atoms. The maximum atomic E-state index is 11.6. The molecule has 0 atom stereocenters. The first-order chi connectivity index (χ1) is 9.70. The van der Waals surface area contributed by atoms with Crippen molar-refractivity contribution in [1.29, 1.82) is 0 Å². The maximum absolute atomic E-state index is 11.6. The molecule has 0 unspecified atom stereocenters. The number of pyridine rings is 1. The van der Waals surface area contributed by atoms with Crippen molar-refractivity contribution in [2.75, 3.05) is 7.11 Å². The Labute approximate surface area is 120 Å². The van der Waals surface area contributed by atoms with Crippen LogP contribution in [-0.2, 0) is 4.74 Å². The SMILES string of the molecule is COC(=O)c1ccc2cnc(-c3ccccc3Cl)n2c1. The van der Waals surface area contributed by atoms with Gasteiger partial charge in [0.1, 0.15) is 5.82 Å². The molecule has 0 saturated heterocycles. The second kappa shape index (κ2) is 4.98. The van der Waals surface area contributed by atoms with E-state index in [0.717, 1.165) is 11.1 Å². The standard InChI is InChI=1S/C15H11ClN2O2/c1-20-15(19)10-6-7-11-8-17-14(18(11)9-10)12-4-2-3-5-13(12)16/h2-9H,1H3. The minimum atomic E-state index is -0.384. The highest BCUT2D eigenvalue weighted by Crippen LogP contribution is 2.27. The fraction of sp³-hybridized carbons (Fsp3) is 0.0667. The zero-order valence-electron chi connectivity index (χ0n) is 10.7. The zero-order chi connectivity index (χ0) is 14.1. The number of aromatic nitrogens is 2. The summed E-state index contributed by atoms with van der Waals surface area (Å²) < 4.78 is 6.56. The van der Waals surface area contributed by atoms with Gasteiger partial charge in [0, 0.05) is 11.8 Å². The summed E-state index contributed by atoms with van der Waals surface area (Å²) >= 11 is 6.20. The van der Waals surface area contributed by atoms with Gasteiger partial charge in [-0.2, -0.15) is 0 Å². The molecule has 4 nitrogen and oxygen atoms in total. The average Bonchev–Trinajstić information content (AvgIpc) is 2.90. The van der Waals surface area contributed by atoms with Crippen molar-refractivity contribution < 1.29 is 9.53 Å². The van der Waals surface area contributed by atoms with Crippen molar-refractivity contribution >= 4 is 23.1 Å². The van der Waals surface area contributed by atoms with Gasteiger partial charge in [-0.05, 0) is 24.3 Å². The van der Waals surface area contributed by atoms with E-state index in [9.17, 15) is 4.79 Å². The van der Waals surface area contributed by atoms with Gasteiger partial charge in [-0.25, -0.2) is 9.78 Å². The number of carbonyl (C=O) groups is 1. The zero-order valence-corrected chi connectivity index (χ0v) is 11.5. The Hall–Kier alpha value is -2.33. The predicted molar refractivity (Wildman–Crippen MR) is 77.0 cm³/mol. The van der Waals surface area contributed by atoms with Gasteiger partial charge in [0.05, 0.1) is 29.4 Å². The second-order valence-corrected chi connectivity index (χ2v) is 4.67. The van der Waals surface area contributed by atoms with Crippen LogP contribution in [-0.4, -0.2) is 22.5 Å². The number of fused-ring (bicyclic) bond motifs is 1. The van der Waals surface area contributed by atoms with Crippen LogP contribution < -0.4 is 0 Å². The molecule has 100 valence electrons. The molecule has 5 heteroatoms. The molecular formula is C15H11ClN2O2. The van der Waals surface area contributed by atoms with Crippen LogP contribution in [0.4, 0.5) is 0 Å². The van der Waals surface area contributed by atoms with Crippen molar-refractivity contribution in [3.05, 3.63) is 59.4 Å². The van der Waals surface area contributed by atoms with Crippen molar-refractivity contribution in [2.45, 2.75) is 0 Å². The number of ether oxygens (including phenoxy) is 1. The first-order valence-corrected chi connectivity index (χ1v) is 6.39. The smallest absolute Gasteiger partial charge is 0.339 e. The Morgan fingerprint density at radius 3 is 2.80 bits per heavy atom. The molecule has 2 aromatic heterocycles. The number of methoxy groups -OCH3 is 1. The number of nitrogens with zero attached hydrogens (tertiary/aromatic N) is 2. The molecule has 2 heterocycles. The Morgan fingerprint density at radius 2 is 2.05 bits per heavy atom. The van der Waals surface area contributed by atoms with Gasteiger partial charge in [0.15, 0.2) is 0 Å². The number of hydrogen-bond acceptors (Lipinski definition) is 3. The quantitative estimate of drug-likeness (QED) is 0.678. The third kappa shape index (κ3) is 2.04. The number of rotatable bonds is 2. The Kier molecular flexibility index (Phi) is 3.16. The summed E-state index contributed by atoms with van der Waals surface area (Å²) in [6.07, 6.45) is 3.44. The summed E-state index contributed by atoms with van der Waals surface area (Å²) in [4.78, 5) is 16.0. The van der Waals surface area contributed by atoms with Crippen LogP contribution in [0.1, 0.15) is 10.4 Å². The number of benzene rings is 1. The van der Waals surface area contributed by atoms with Crippen LogP contribution in [0.25, 0.3) is 16.9 Å². The summed E-state index contributed by atoms with van der Waals surface area (Å²) in [5.41, 5.74) is 2.16. The molecule has 3 rings (SSSR count). The Balaban J connectivity index is 2.22. The maximum Gasteiger partial charge on any atom is 0.339 e. The summed E-state index contributed by atoms with van der Waals surface area (Å²) in [6, 6.07) is 11.0. The van der Waals surface area contributed by atoms with Gasteiger partial charge < -0.3 is 4.74 Å². The van der Waals surface area contributed by atoms with E-state index in [1.807, 2.05) is 34.7 Å². The van der Waals surface area contributed by atoms with Crippen LogP contribution >= 0.6 is 11.6 Å². The first kappa shape index (κ1) is 12.7. The average molecular weight is 287 g/mol. The molecule has 0 bridgehead atoms. The lowest BCUT2D eigenvalue weighted by Crippen LogP contribution is -2.03. The summed E-state index contributed by atoms with van der Waals surface area (Å²) in [6.45, 7) is 0. The van der Waals surface area contributed by atoms with E-state index in [1.54, 1.807) is 18.5 Å². The van der Waals surface area contributed by atoms with Crippen molar-refractivity contribution in [2.24, 2.45) is 0 Å². The molecular weight excluding hydrogens is 276 g/mol. The van der Waals surface area contributed by atoms with Gasteiger partial charge in [-0.15, -0.1) is 0 Å².